The Hall–Kier alpha value is -1.51. The number of carbonyl (C=O) groups is 1. The highest BCUT2D eigenvalue weighted by Crippen LogP contribution is 2.15. The molecule has 1 aromatic carbocycles. The molecule has 0 bridgehead atoms. The zero-order chi connectivity index (χ0) is 16.8. The third kappa shape index (κ3) is 4.73. The zero-order valence-electron chi connectivity index (χ0n) is 12.7. The number of carbonyl (C=O) groups excluding carboxylic acids is 1. The normalized spacial score (nSPS) is 30.9. The predicted molar refractivity (Wildman–Crippen MR) is 79.9 cm³/mol. The van der Waals surface area contributed by atoms with Gasteiger partial charge in [0.15, 0.2) is 0 Å². The molecule has 1 aliphatic rings. The molecule has 0 fully saturated rings. The van der Waals surface area contributed by atoms with Gasteiger partial charge in [0.2, 0.25) is 0 Å². The highest BCUT2D eigenvalue weighted by molar-refractivity contribution is 5.91. The molecule has 128 valence electrons. The Kier molecular flexibility index (Phi) is 6.49. The first-order chi connectivity index (χ1) is 11.0. The summed E-state index contributed by atoms with van der Waals surface area (Å²) >= 11 is 0. The topological polar surface area (TPSA) is 116 Å². The van der Waals surface area contributed by atoms with E-state index >= 15 is 0 Å². The summed E-state index contributed by atoms with van der Waals surface area (Å²) in [6.45, 7) is -0.322. The van der Waals surface area contributed by atoms with Gasteiger partial charge in [-0.1, -0.05) is 18.2 Å². The minimum absolute atomic E-state index is 0.160. The average molecular weight is 326 g/mol. The summed E-state index contributed by atoms with van der Waals surface area (Å²) in [6, 6.07) is 6.97. The number of cyclic esters (lactones) is 1. The van der Waals surface area contributed by atoms with E-state index in [1.54, 1.807) is 12.1 Å². The highest BCUT2D eigenvalue weighted by Gasteiger charge is 2.31. The van der Waals surface area contributed by atoms with E-state index in [-0.39, 0.29) is 6.61 Å². The number of hydrogen-bond acceptors (Lipinski definition) is 7. The van der Waals surface area contributed by atoms with Crippen LogP contribution < -0.4 is 0 Å². The minimum Gasteiger partial charge on any atom is -0.459 e. The van der Waals surface area contributed by atoms with Crippen LogP contribution in [0.2, 0.25) is 0 Å². The molecule has 4 N–H and O–H groups in total. The second-order valence-electron chi connectivity index (χ2n) is 5.55. The molecule has 0 aliphatic carbocycles. The van der Waals surface area contributed by atoms with Gasteiger partial charge in [-0.25, -0.2) is 4.79 Å². The lowest BCUT2D eigenvalue weighted by atomic mass is 10.0. The number of aryl methyl sites for hydroxylation is 1. The molecule has 1 heterocycles. The molecule has 0 saturated carbocycles. The summed E-state index contributed by atoms with van der Waals surface area (Å²) in [5.74, 6) is -0.611. The quantitative estimate of drug-likeness (QED) is 0.464. The van der Waals surface area contributed by atoms with Crippen molar-refractivity contribution in [1.29, 1.82) is 0 Å². The number of ether oxygens (including phenoxy) is 2. The van der Waals surface area contributed by atoms with Crippen LogP contribution in [0.4, 0.5) is 0 Å². The Labute approximate surface area is 134 Å². The molecule has 0 radical (unpaired) electrons. The first-order valence-electron chi connectivity index (χ1n) is 7.55. The van der Waals surface area contributed by atoms with Gasteiger partial charge in [-0.3, -0.25) is 0 Å². The molecule has 23 heavy (non-hydrogen) atoms. The molecule has 1 aromatic rings. The van der Waals surface area contributed by atoms with E-state index < -0.39 is 37.0 Å². The second-order valence-corrected chi connectivity index (χ2v) is 5.55. The van der Waals surface area contributed by atoms with E-state index in [9.17, 15) is 25.2 Å². The van der Waals surface area contributed by atoms with Gasteiger partial charge in [-0.15, -0.1) is 0 Å². The largest absolute Gasteiger partial charge is 0.459 e. The van der Waals surface area contributed by atoms with Gasteiger partial charge in [0.1, 0.15) is 31.0 Å². The molecule has 7 heteroatoms. The maximum atomic E-state index is 12.1. The molecule has 2 rings (SSSR count). The predicted octanol–water partition coefficient (Wildman–Crippen LogP) is -0.750. The van der Waals surface area contributed by atoms with Crippen LogP contribution in [0.15, 0.2) is 24.3 Å². The van der Waals surface area contributed by atoms with Gasteiger partial charge in [0.25, 0.3) is 0 Å². The number of esters is 1. The monoisotopic (exact) mass is 326 g/mol. The van der Waals surface area contributed by atoms with Gasteiger partial charge < -0.3 is 29.9 Å². The van der Waals surface area contributed by atoms with Gasteiger partial charge in [0, 0.05) is 6.61 Å². The molecule has 4 atom stereocenters. The Bertz CT molecular complexity index is 519. The van der Waals surface area contributed by atoms with Crippen LogP contribution in [-0.2, 0) is 15.9 Å². The van der Waals surface area contributed by atoms with Crippen molar-refractivity contribution in [2.45, 2.75) is 37.3 Å². The Balaban J connectivity index is 2.15. The maximum Gasteiger partial charge on any atom is 0.338 e. The van der Waals surface area contributed by atoms with E-state index in [4.69, 9.17) is 9.47 Å². The average Bonchev–Trinajstić information content (AvgIpc) is 2.57. The van der Waals surface area contributed by atoms with Gasteiger partial charge in [0.05, 0.1) is 12.2 Å². The number of aliphatic hydroxyl groups excluding tert-OH is 4. The number of fused-ring (bicyclic) bond motifs is 1. The lowest BCUT2D eigenvalue weighted by Crippen LogP contribution is -2.47. The number of aliphatic hydroxyl groups is 4. The molecular formula is C16H22O7. The minimum atomic E-state index is -1.65. The molecule has 0 amide bonds. The van der Waals surface area contributed by atoms with E-state index in [0.29, 0.717) is 25.0 Å². The van der Waals surface area contributed by atoms with Crippen molar-refractivity contribution in [2.75, 3.05) is 19.8 Å². The Morgan fingerprint density at radius 3 is 2.35 bits per heavy atom. The molecular weight excluding hydrogens is 304 g/mol. The summed E-state index contributed by atoms with van der Waals surface area (Å²) in [5.41, 5.74) is 1.20. The van der Waals surface area contributed by atoms with Gasteiger partial charge in [-0.05, 0) is 24.5 Å². The molecule has 7 nitrogen and oxygen atoms in total. The standard InChI is InChI=1S/C16H22O7/c17-12-8-22-7-3-5-10-4-1-2-6-11(10)16(21)23-9-13(18)15(20)14(12)19/h1-2,4,6,12-15,17-20H,3,5,7-9H2/t12-,13-,14-,15-/m1/s1. The molecule has 0 spiro atoms. The first-order valence-corrected chi connectivity index (χ1v) is 7.55. The highest BCUT2D eigenvalue weighted by atomic mass is 16.5. The summed E-state index contributed by atoms with van der Waals surface area (Å²) in [5, 5.41) is 39.1. The molecule has 0 unspecified atom stereocenters. The fourth-order valence-corrected chi connectivity index (χ4v) is 2.40. The third-order valence-corrected chi connectivity index (χ3v) is 3.78. The van der Waals surface area contributed by atoms with Crippen LogP contribution in [0.25, 0.3) is 0 Å². The van der Waals surface area contributed by atoms with E-state index in [1.165, 1.54) is 0 Å². The van der Waals surface area contributed by atoms with Crippen LogP contribution >= 0.6 is 0 Å². The number of rotatable bonds is 0. The van der Waals surface area contributed by atoms with Crippen molar-refractivity contribution < 1.29 is 34.7 Å². The Morgan fingerprint density at radius 2 is 1.61 bits per heavy atom. The van der Waals surface area contributed by atoms with Crippen molar-refractivity contribution in [3.8, 4) is 0 Å². The molecule has 1 aliphatic heterocycles. The van der Waals surface area contributed by atoms with Crippen LogP contribution in [0, 0.1) is 0 Å². The van der Waals surface area contributed by atoms with Gasteiger partial charge in [-0.2, -0.15) is 0 Å². The van der Waals surface area contributed by atoms with Crippen molar-refractivity contribution in [3.05, 3.63) is 35.4 Å². The van der Waals surface area contributed by atoms with Crippen molar-refractivity contribution in [2.24, 2.45) is 0 Å². The fourth-order valence-electron chi connectivity index (χ4n) is 2.40. The lowest BCUT2D eigenvalue weighted by Gasteiger charge is -2.26. The molecule has 0 saturated heterocycles. The first kappa shape index (κ1) is 17.8. The maximum absolute atomic E-state index is 12.1. The lowest BCUT2D eigenvalue weighted by molar-refractivity contribution is -0.130. The summed E-state index contributed by atoms with van der Waals surface area (Å²) in [7, 11) is 0. The summed E-state index contributed by atoms with van der Waals surface area (Å²) < 4.78 is 10.3. The fraction of sp³-hybridized carbons (Fsp3) is 0.562. The van der Waals surface area contributed by atoms with Gasteiger partial charge >= 0.3 is 5.97 Å². The number of hydrogen-bond donors (Lipinski definition) is 4. The van der Waals surface area contributed by atoms with Crippen LogP contribution in [0.1, 0.15) is 22.3 Å². The van der Waals surface area contributed by atoms with E-state index in [1.807, 2.05) is 12.1 Å². The summed E-state index contributed by atoms with van der Waals surface area (Å²) in [4.78, 5) is 12.1. The van der Waals surface area contributed by atoms with Crippen LogP contribution in [0.3, 0.4) is 0 Å². The summed E-state index contributed by atoms with van der Waals surface area (Å²) in [6.07, 6.45) is -4.89. The Morgan fingerprint density at radius 1 is 0.957 bits per heavy atom. The zero-order valence-corrected chi connectivity index (χ0v) is 12.7. The smallest absolute Gasteiger partial charge is 0.338 e. The second kappa shape index (κ2) is 8.37. The van der Waals surface area contributed by atoms with E-state index in [2.05, 4.69) is 0 Å². The van der Waals surface area contributed by atoms with Crippen molar-refractivity contribution in [1.82, 2.24) is 0 Å². The van der Waals surface area contributed by atoms with Crippen LogP contribution in [0.5, 0.6) is 0 Å². The SMILES string of the molecule is O=C1OC[C@@H](O)[C@@H](O)[C@H](O)[C@H](O)COCCCc2ccccc21. The third-order valence-electron chi connectivity index (χ3n) is 3.78. The van der Waals surface area contributed by atoms with Crippen molar-refractivity contribution in [3.63, 3.8) is 0 Å². The van der Waals surface area contributed by atoms with Crippen molar-refractivity contribution >= 4 is 5.97 Å². The van der Waals surface area contributed by atoms with E-state index in [0.717, 1.165) is 5.56 Å². The molecule has 0 aromatic heterocycles. The number of benzene rings is 1. The van der Waals surface area contributed by atoms with Crippen LogP contribution in [-0.4, -0.2) is 70.6 Å².